The monoisotopic (exact) mass is 297 g/mol. The van der Waals surface area contributed by atoms with Crippen molar-refractivity contribution in [1.29, 1.82) is 5.26 Å². The van der Waals surface area contributed by atoms with Crippen LogP contribution in [-0.2, 0) is 11.2 Å². The smallest absolute Gasteiger partial charge is 0.240 e. The third-order valence-corrected chi connectivity index (χ3v) is 4.85. The third kappa shape index (κ3) is 3.31. The maximum absolute atomic E-state index is 12.5. The predicted molar refractivity (Wildman–Crippen MR) is 85.1 cm³/mol. The summed E-state index contributed by atoms with van der Waals surface area (Å²) in [5.74, 6) is 0.131. The Hall–Kier alpha value is -1.86. The topological polar surface area (TPSA) is 56.1 Å². The lowest BCUT2D eigenvalue weighted by atomic mass is 10.0. The highest BCUT2D eigenvalue weighted by Gasteiger charge is 2.36. The van der Waals surface area contributed by atoms with Gasteiger partial charge in [0.15, 0.2) is 0 Å². The molecule has 22 heavy (non-hydrogen) atoms. The maximum Gasteiger partial charge on any atom is 0.240 e. The molecule has 1 aromatic carbocycles. The van der Waals surface area contributed by atoms with E-state index in [-0.39, 0.29) is 18.0 Å². The Labute approximate surface area is 132 Å². The highest BCUT2D eigenvalue weighted by molar-refractivity contribution is 5.83. The minimum atomic E-state index is -0.210. The number of rotatable bonds is 4. The summed E-state index contributed by atoms with van der Waals surface area (Å²) in [6.45, 7) is 0.740. The van der Waals surface area contributed by atoms with Crippen molar-refractivity contribution in [2.45, 2.75) is 56.7 Å². The number of aryl methyl sites for hydroxylation is 1. The molecule has 0 saturated carbocycles. The van der Waals surface area contributed by atoms with Gasteiger partial charge in [-0.3, -0.25) is 4.79 Å². The van der Waals surface area contributed by atoms with Crippen molar-refractivity contribution >= 4 is 5.91 Å². The first kappa shape index (κ1) is 15.1. The molecule has 4 heteroatoms. The molecule has 3 rings (SSSR count). The van der Waals surface area contributed by atoms with Gasteiger partial charge >= 0.3 is 0 Å². The van der Waals surface area contributed by atoms with Gasteiger partial charge in [-0.2, -0.15) is 5.26 Å². The number of carbonyl (C=O) groups is 1. The molecule has 2 aliphatic rings. The fourth-order valence-electron chi connectivity index (χ4n) is 3.59. The van der Waals surface area contributed by atoms with Crippen LogP contribution in [0.15, 0.2) is 30.3 Å². The van der Waals surface area contributed by atoms with Crippen LogP contribution in [0.1, 0.15) is 37.7 Å². The fourth-order valence-corrected chi connectivity index (χ4v) is 3.59. The van der Waals surface area contributed by atoms with Gasteiger partial charge in [0.1, 0.15) is 6.04 Å². The quantitative estimate of drug-likeness (QED) is 0.927. The van der Waals surface area contributed by atoms with Crippen molar-refractivity contribution in [3.05, 3.63) is 35.9 Å². The molecule has 0 aliphatic carbocycles. The molecule has 1 unspecified atom stereocenters. The van der Waals surface area contributed by atoms with Gasteiger partial charge in [-0.1, -0.05) is 30.3 Å². The number of hydrogen-bond donors (Lipinski definition) is 1. The summed E-state index contributed by atoms with van der Waals surface area (Å²) in [7, 11) is 0. The molecule has 3 atom stereocenters. The van der Waals surface area contributed by atoms with Gasteiger partial charge < -0.3 is 10.2 Å². The number of carbonyl (C=O) groups excluding carboxylic acids is 1. The second-order valence-electron chi connectivity index (χ2n) is 6.34. The Morgan fingerprint density at radius 1 is 1.27 bits per heavy atom. The summed E-state index contributed by atoms with van der Waals surface area (Å²) in [4.78, 5) is 14.3. The number of nitrogens with one attached hydrogen (secondary N) is 1. The Kier molecular flexibility index (Phi) is 4.74. The Balaban J connectivity index is 1.50. The number of amides is 1. The SMILES string of the molecule is N#C[C@@H]1CCCN1C(=O)[C@@H]1CCC(CCc2ccccc2)N1. The van der Waals surface area contributed by atoms with Crippen molar-refractivity contribution in [3.63, 3.8) is 0 Å². The molecule has 0 bridgehead atoms. The summed E-state index contributed by atoms with van der Waals surface area (Å²) in [5, 5.41) is 12.6. The average Bonchev–Trinajstić information content (AvgIpc) is 3.22. The lowest BCUT2D eigenvalue weighted by molar-refractivity contribution is -0.133. The number of nitriles is 1. The zero-order valence-corrected chi connectivity index (χ0v) is 12.9. The van der Waals surface area contributed by atoms with E-state index in [1.54, 1.807) is 4.90 Å². The predicted octanol–water partition coefficient (Wildman–Crippen LogP) is 2.25. The standard InChI is InChI=1S/C18H23N3O/c19-13-16-7-4-12-21(16)18(22)17-11-10-15(20-17)9-8-14-5-2-1-3-6-14/h1-3,5-6,15-17,20H,4,7-12H2/t15?,16-,17-/m0/s1. The summed E-state index contributed by atoms with van der Waals surface area (Å²) in [6.07, 6.45) is 5.83. The van der Waals surface area contributed by atoms with Crippen LogP contribution in [0.25, 0.3) is 0 Å². The van der Waals surface area contributed by atoms with Gasteiger partial charge in [-0.05, 0) is 44.1 Å². The minimum Gasteiger partial charge on any atom is -0.325 e. The van der Waals surface area contributed by atoms with Crippen molar-refractivity contribution in [1.82, 2.24) is 10.2 Å². The summed E-state index contributed by atoms with van der Waals surface area (Å²) < 4.78 is 0. The number of benzene rings is 1. The van der Waals surface area contributed by atoms with Crippen molar-refractivity contribution in [2.24, 2.45) is 0 Å². The van der Waals surface area contributed by atoms with E-state index in [2.05, 4.69) is 35.7 Å². The molecule has 0 aromatic heterocycles. The zero-order valence-electron chi connectivity index (χ0n) is 12.9. The summed E-state index contributed by atoms with van der Waals surface area (Å²) >= 11 is 0. The first-order chi connectivity index (χ1) is 10.8. The molecular weight excluding hydrogens is 274 g/mol. The van der Waals surface area contributed by atoms with Crippen molar-refractivity contribution in [2.75, 3.05) is 6.54 Å². The van der Waals surface area contributed by atoms with E-state index in [1.165, 1.54) is 5.56 Å². The van der Waals surface area contributed by atoms with Gasteiger partial charge in [-0.25, -0.2) is 0 Å². The molecule has 2 heterocycles. The van der Waals surface area contributed by atoms with E-state index < -0.39 is 0 Å². The number of hydrogen-bond acceptors (Lipinski definition) is 3. The first-order valence-corrected chi connectivity index (χ1v) is 8.28. The Morgan fingerprint density at radius 2 is 2.09 bits per heavy atom. The maximum atomic E-state index is 12.5. The van der Waals surface area contributed by atoms with Crippen LogP contribution < -0.4 is 5.32 Å². The number of nitrogens with zero attached hydrogens (tertiary/aromatic N) is 2. The molecule has 0 spiro atoms. The molecule has 1 N–H and O–H groups in total. The Morgan fingerprint density at radius 3 is 2.86 bits per heavy atom. The molecule has 2 aliphatic heterocycles. The largest absolute Gasteiger partial charge is 0.325 e. The van der Waals surface area contributed by atoms with E-state index in [0.29, 0.717) is 6.04 Å². The van der Waals surface area contributed by atoms with Crippen LogP contribution in [0.3, 0.4) is 0 Å². The van der Waals surface area contributed by atoms with Gasteiger partial charge in [0, 0.05) is 12.6 Å². The molecule has 2 fully saturated rings. The second kappa shape index (κ2) is 6.93. The highest BCUT2D eigenvalue weighted by Crippen LogP contribution is 2.23. The second-order valence-corrected chi connectivity index (χ2v) is 6.34. The van der Waals surface area contributed by atoms with E-state index in [9.17, 15) is 4.79 Å². The van der Waals surface area contributed by atoms with Gasteiger partial charge in [0.2, 0.25) is 5.91 Å². The van der Waals surface area contributed by atoms with Gasteiger partial charge in [0.05, 0.1) is 12.1 Å². The van der Waals surface area contributed by atoms with Crippen LogP contribution in [0.4, 0.5) is 0 Å². The van der Waals surface area contributed by atoms with Gasteiger partial charge in [-0.15, -0.1) is 0 Å². The highest BCUT2D eigenvalue weighted by atomic mass is 16.2. The lowest BCUT2D eigenvalue weighted by Gasteiger charge is -2.23. The molecule has 1 amide bonds. The minimum absolute atomic E-state index is 0.0882. The van der Waals surface area contributed by atoms with Crippen molar-refractivity contribution < 1.29 is 4.79 Å². The molecule has 1 aromatic rings. The summed E-state index contributed by atoms with van der Waals surface area (Å²) in [6, 6.07) is 12.8. The lowest BCUT2D eigenvalue weighted by Crippen LogP contribution is -2.46. The van der Waals surface area contributed by atoms with E-state index in [0.717, 1.165) is 45.1 Å². The van der Waals surface area contributed by atoms with Crippen LogP contribution in [-0.4, -0.2) is 35.5 Å². The zero-order chi connectivity index (χ0) is 15.4. The fraction of sp³-hybridized carbons (Fsp3) is 0.556. The van der Waals surface area contributed by atoms with E-state index in [1.807, 2.05) is 6.07 Å². The van der Waals surface area contributed by atoms with E-state index >= 15 is 0 Å². The van der Waals surface area contributed by atoms with Crippen molar-refractivity contribution in [3.8, 4) is 6.07 Å². The summed E-state index contributed by atoms with van der Waals surface area (Å²) in [5.41, 5.74) is 1.35. The molecule has 0 radical (unpaired) electrons. The first-order valence-electron chi connectivity index (χ1n) is 8.28. The molecular formula is C18H23N3O. The molecule has 4 nitrogen and oxygen atoms in total. The Bertz CT molecular complexity index is 551. The van der Waals surface area contributed by atoms with Crippen LogP contribution in [0, 0.1) is 11.3 Å². The van der Waals surface area contributed by atoms with Crippen LogP contribution in [0.2, 0.25) is 0 Å². The van der Waals surface area contributed by atoms with E-state index in [4.69, 9.17) is 5.26 Å². The third-order valence-electron chi connectivity index (χ3n) is 4.85. The van der Waals surface area contributed by atoms with Crippen LogP contribution in [0.5, 0.6) is 0 Å². The molecule has 116 valence electrons. The molecule has 2 saturated heterocycles. The van der Waals surface area contributed by atoms with Crippen LogP contribution >= 0.6 is 0 Å². The normalized spacial score (nSPS) is 27.8. The van der Waals surface area contributed by atoms with Gasteiger partial charge in [0.25, 0.3) is 0 Å². The number of likely N-dealkylation sites (tertiary alicyclic amines) is 1. The average molecular weight is 297 g/mol.